The number of aryl methyl sites for hydroxylation is 2. The largest absolute Gasteiger partial charge is 0.433 e. The van der Waals surface area contributed by atoms with Crippen LogP contribution in [0.25, 0.3) is 0 Å². The van der Waals surface area contributed by atoms with Gasteiger partial charge in [-0.15, -0.1) is 0 Å². The lowest BCUT2D eigenvalue weighted by atomic mass is 10.0. The van der Waals surface area contributed by atoms with E-state index < -0.39 is 11.9 Å². The zero-order valence-electron chi connectivity index (χ0n) is 10.3. The summed E-state index contributed by atoms with van der Waals surface area (Å²) in [5.41, 5.74) is 1.07. The highest BCUT2D eigenvalue weighted by atomic mass is 19.4. The first-order valence-electron chi connectivity index (χ1n) is 6.12. The second kappa shape index (κ2) is 5.87. The van der Waals surface area contributed by atoms with Crippen LogP contribution in [0.15, 0.2) is 48.7 Å². The van der Waals surface area contributed by atoms with Gasteiger partial charge in [0.2, 0.25) is 0 Å². The summed E-state index contributed by atoms with van der Waals surface area (Å²) >= 11 is 0. The highest BCUT2D eigenvalue weighted by molar-refractivity contribution is 5.19. The molecule has 0 fully saturated rings. The molecule has 0 aliphatic rings. The van der Waals surface area contributed by atoms with Crippen molar-refractivity contribution in [3.8, 4) is 0 Å². The number of halogens is 3. The number of hydrogen-bond acceptors (Lipinski definition) is 1. The zero-order valence-corrected chi connectivity index (χ0v) is 10.3. The number of rotatable bonds is 4. The van der Waals surface area contributed by atoms with E-state index in [2.05, 4.69) is 4.98 Å². The second-order valence-corrected chi connectivity index (χ2v) is 4.39. The monoisotopic (exact) mass is 265 g/mol. The van der Waals surface area contributed by atoms with E-state index in [4.69, 9.17) is 0 Å². The molecule has 0 saturated carbocycles. The molecular weight excluding hydrogens is 251 g/mol. The predicted octanol–water partition coefficient (Wildman–Crippen LogP) is 4.28. The lowest BCUT2D eigenvalue weighted by molar-refractivity contribution is -0.141. The predicted molar refractivity (Wildman–Crippen MR) is 67.7 cm³/mol. The van der Waals surface area contributed by atoms with Crippen molar-refractivity contribution in [2.45, 2.75) is 25.4 Å². The molecule has 0 bridgehead atoms. The van der Waals surface area contributed by atoms with Gasteiger partial charge >= 0.3 is 6.18 Å². The highest BCUT2D eigenvalue weighted by Crippen LogP contribution is 2.27. The van der Waals surface area contributed by atoms with Crippen LogP contribution in [0.4, 0.5) is 13.2 Å². The fraction of sp³-hybridized carbons (Fsp3) is 0.267. The summed E-state index contributed by atoms with van der Waals surface area (Å²) in [4.78, 5) is 3.35. The lowest BCUT2D eigenvalue weighted by Crippen LogP contribution is -2.08. The molecule has 4 heteroatoms. The van der Waals surface area contributed by atoms with Crippen molar-refractivity contribution in [1.82, 2.24) is 4.98 Å². The van der Waals surface area contributed by atoms with E-state index in [1.165, 1.54) is 11.8 Å². The average molecular weight is 265 g/mol. The summed E-state index contributed by atoms with van der Waals surface area (Å²) in [6.45, 7) is 0. The summed E-state index contributed by atoms with van der Waals surface area (Å²) in [5, 5.41) is 0. The molecule has 1 heterocycles. The van der Waals surface area contributed by atoms with Crippen LogP contribution in [0.3, 0.4) is 0 Å². The van der Waals surface area contributed by atoms with Gasteiger partial charge in [-0.25, -0.2) is 0 Å². The van der Waals surface area contributed by atoms with Crippen molar-refractivity contribution < 1.29 is 13.2 Å². The van der Waals surface area contributed by atoms with Crippen LogP contribution in [-0.2, 0) is 19.0 Å². The van der Waals surface area contributed by atoms with Crippen molar-refractivity contribution in [2.75, 3.05) is 0 Å². The smallest absolute Gasteiger partial charge is 0.252 e. The Morgan fingerprint density at radius 1 is 0.895 bits per heavy atom. The first kappa shape index (κ1) is 13.6. The Morgan fingerprint density at radius 3 is 2.26 bits per heavy atom. The topological polar surface area (TPSA) is 12.9 Å². The number of aromatic nitrogens is 1. The van der Waals surface area contributed by atoms with E-state index in [1.54, 1.807) is 6.07 Å². The molecular formula is C15H14F3N. The summed E-state index contributed by atoms with van der Waals surface area (Å²) in [6.07, 6.45) is -0.827. The van der Waals surface area contributed by atoms with Crippen LogP contribution in [0, 0.1) is 0 Å². The minimum atomic E-state index is -4.37. The Labute approximate surface area is 110 Å². The van der Waals surface area contributed by atoms with Crippen LogP contribution >= 0.6 is 0 Å². The minimum absolute atomic E-state index is 0.625. The Morgan fingerprint density at radius 2 is 1.58 bits per heavy atom. The van der Waals surface area contributed by atoms with Gasteiger partial charge in [0, 0.05) is 6.20 Å². The molecule has 0 saturated heterocycles. The summed E-state index contributed by atoms with van der Waals surface area (Å²) in [5.74, 6) is 0. The zero-order chi connectivity index (χ0) is 13.7. The fourth-order valence-electron chi connectivity index (χ4n) is 1.93. The Bertz CT molecular complexity index is 520. The highest BCUT2D eigenvalue weighted by Gasteiger charge is 2.32. The maximum atomic E-state index is 12.5. The van der Waals surface area contributed by atoms with E-state index in [-0.39, 0.29) is 0 Å². The van der Waals surface area contributed by atoms with Crippen LogP contribution in [0.1, 0.15) is 23.2 Å². The first-order chi connectivity index (χ1) is 9.05. The number of pyridine rings is 1. The fourth-order valence-corrected chi connectivity index (χ4v) is 1.93. The molecule has 2 rings (SSSR count). The third-order valence-electron chi connectivity index (χ3n) is 2.89. The maximum Gasteiger partial charge on any atom is 0.433 e. The van der Waals surface area contributed by atoms with Crippen molar-refractivity contribution in [3.05, 3.63) is 65.5 Å². The summed E-state index contributed by atoms with van der Waals surface area (Å²) in [7, 11) is 0. The van der Waals surface area contributed by atoms with E-state index in [9.17, 15) is 13.2 Å². The molecule has 1 nitrogen and oxygen atoms in total. The normalized spacial score (nSPS) is 11.5. The SMILES string of the molecule is FC(F)(F)c1cc(CCCc2ccccc2)ccn1. The van der Waals surface area contributed by atoms with Crippen LogP contribution in [0.5, 0.6) is 0 Å². The second-order valence-electron chi connectivity index (χ2n) is 4.39. The van der Waals surface area contributed by atoms with E-state index in [1.807, 2.05) is 30.3 Å². The van der Waals surface area contributed by atoms with Gasteiger partial charge in [0.25, 0.3) is 0 Å². The van der Waals surface area contributed by atoms with Crippen LogP contribution in [-0.4, -0.2) is 4.98 Å². The minimum Gasteiger partial charge on any atom is -0.252 e. The van der Waals surface area contributed by atoms with E-state index >= 15 is 0 Å². The quantitative estimate of drug-likeness (QED) is 0.804. The molecule has 0 unspecified atom stereocenters. The van der Waals surface area contributed by atoms with Crippen LogP contribution in [0.2, 0.25) is 0 Å². The first-order valence-corrected chi connectivity index (χ1v) is 6.12. The molecule has 100 valence electrons. The van der Waals surface area contributed by atoms with Gasteiger partial charge in [0.15, 0.2) is 0 Å². The standard InChI is InChI=1S/C15H14F3N/c16-15(17,18)14-11-13(9-10-19-14)8-4-7-12-5-2-1-3-6-12/h1-3,5-6,9-11H,4,7-8H2. The molecule has 0 radical (unpaired) electrons. The molecule has 1 aromatic carbocycles. The molecule has 0 spiro atoms. The Kier molecular flexibility index (Phi) is 4.20. The van der Waals surface area contributed by atoms with Gasteiger partial charge in [0.05, 0.1) is 0 Å². The van der Waals surface area contributed by atoms with Gasteiger partial charge in [-0.1, -0.05) is 30.3 Å². The molecule has 0 aliphatic heterocycles. The molecule has 0 aliphatic carbocycles. The van der Waals surface area contributed by atoms with Gasteiger partial charge in [-0.2, -0.15) is 13.2 Å². The Hall–Kier alpha value is -1.84. The number of hydrogen-bond donors (Lipinski definition) is 0. The third-order valence-corrected chi connectivity index (χ3v) is 2.89. The summed E-state index contributed by atoms with van der Waals surface area (Å²) in [6, 6.07) is 12.7. The van der Waals surface area contributed by atoms with E-state index in [0.717, 1.165) is 18.9 Å². The van der Waals surface area contributed by atoms with Crippen LogP contribution < -0.4 is 0 Å². The molecule has 0 amide bonds. The molecule has 0 atom stereocenters. The summed E-state index contributed by atoms with van der Waals surface area (Å²) < 4.78 is 37.5. The van der Waals surface area contributed by atoms with Gasteiger partial charge in [0.1, 0.15) is 5.69 Å². The number of benzene rings is 1. The van der Waals surface area contributed by atoms with Gasteiger partial charge < -0.3 is 0 Å². The Balaban J connectivity index is 1.93. The number of nitrogens with zero attached hydrogens (tertiary/aromatic N) is 1. The molecule has 2 aromatic rings. The van der Waals surface area contributed by atoms with Crippen molar-refractivity contribution >= 4 is 0 Å². The lowest BCUT2D eigenvalue weighted by Gasteiger charge is -2.07. The third kappa shape index (κ3) is 4.09. The molecule has 0 N–H and O–H groups in total. The van der Waals surface area contributed by atoms with E-state index in [0.29, 0.717) is 12.0 Å². The van der Waals surface area contributed by atoms with Gasteiger partial charge in [-0.05, 0) is 42.5 Å². The number of alkyl halides is 3. The average Bonchev–Trinajstić information content (AvgIpc) is 2.39. The van der Waals surface area contributed by atoms with Crippen molar-refractivity contribution in [3.63, 3.8) is 0 Å². The van der Waals surface area contributed by atoms with Crippen molar-refractivity contribution in [1.29, 1.82) is 0 Å². The molecule has 1 aromatic heterocycles. The maximum absolute atomic E-state index is 12.5. The van der Waals surface area contributed by atoms with Crippen molar-refractivity contribution in [2.24, 2.45) is 0 Å². The molecule has 19 heavy (non-hydrogen) atoms. The van der Waals surface area contributed by atoms with Gasteiger partial charge in [-0.3, -0.25) is 4.98 Å².